The minimum atomic E-state index is -0.667. The van der Waals surface area contributed by atoms with Crippen molar-refractivity contribution in [1.82, 2.24) is 14.7 Å². The van der Waals surface area contributed by atoms with Crippen molar-refractivity contribution in [1.29, 1.82) is 0 Å². The molecular formula is C16H19N3O5. The third-order valence-corrected chi connectivity index (χ3v) is 4.36. The molecule has 0 saturated carbocycles. The number of hydrogen-bond acceptors (Lipinski definition) is 5. The summed E-state index contributed by atoms with van der Waals surface area (Å²) in [5.74, 6) is 0.118. The first-order valence-electron chi connectivity index (χ1n) is 7.73. The van der Waals surface area contributed by atoms with E-state index in [1.165, 1.54) is 4.90 Å². The Morgan fingerprint density at radius 3 is 2.58 bits per heavy atom. The number of aliphatic hydroxyl groups excluding tert-OH is 1. The Morgan fingerprint density at radius 1 is 1.25 bits per heavy atom. The molecule has 1 atom stereocenters. The van der Waals surface area contributed by atoms with Crippen LogP contribution in [-0.2, 0) is 4.79 Å². The van der Waals surface area contributed by atoms with E-state index in [0.29, 0.717) is 24.4 Å². The number of fused-ring (bicyclic) bond motifs is 1. The number of nitrogens with zero attached hydrogens (tertiary/aromatic N) is 3. The van der Waals surface area contributed by atoms with E-state index in [-0.39, 0.29) is 31.5 Å². The molecule has 128 valence electrons. The van der Waals surface area contributed by atoms with Crippen LogP contribution in [0.4, 0.5) is 4.79 Å². The number of piperazine rings is 1. The lowest BCUT2D eigenvalue weighted by atomic mass is 10.1. The van der Waals surface area contributed by atoms with Gasteiger partial charge in [-0.05, 0) is 24.3 Å². The van der Waals surface area contributed by atoms with Crippen molar-refractivity contribution in [2.24, 2.45) is 0 Å². The van der Waals surface area contributed by atoms with Crippen LogP contribution in [0, 0.1) is 0 Å². The number of urea groups is 1. The highest BCUT2D eigenvalue weighted by Crippen LogP contribution is 2.23. The zero-order chi connectivity index (χ0) is 17.3. The number of β-amino-alcohol motifs (C(OH)–C–C–N with tert-alkyl or cyclic N) is 1. The van der Waals surface area contributed by atoms with E-state index in [2.05, 4.69) is 0 Å². The predicted octanol–water partition coefficient (Wildman–Crippen LogP) is -0.224. The van der Waals surface area contributed by atoms with Crippen molar-refractivity contribution < 1.29 is 24.2 Å². The summed E-state index contributed by atoms with van der Waals surface area (Å²) in [6.07, 6.45) is 0. The molecule has 8 nitrogen and oxygen atoms in total. The van der Waals surface area contributed by atoms with Crippen LogP contribution in [0.3, 0.4) is 0 Å². The van der Waals surface area contributed by atoms with Gasteiger partial charge >= 0.3 is 6.03 Å². The van der Waals surface area contributed by atoms with Gasteiger partial charge in [0, 0.05) is 18.7 Å². The SMILES string of the molecule is COc1ccc(C(=O)N2CCN3C(=O)N(CCO)C(=O)C3C2)cc1. The van der Waals surface area contributed by atoms with Crippen LogP contribution in [0.15, 0.2) is 24.3 Å². The molecule has 0 aliphatic carbocycles. The lowest BCUT2D eigenvalue weighted by Crippen LogP contribution is -2.54. The average Bonchev–Trinajstić information content (AvgIpc) is 2.86. The Hall–Kier alpha value is -2.61. The maximum absolute atomic E-state index is 12.6. The van der Waals surface area contributed by atoms with Crippen LogP contribution < -0.4 is 4.74 Å². The largest absolute Gasteiger partial charge is 0.497 e. The average molecular weight is 333 g/mol. The first-order valence-corrected chi connectivity index (χ1v) is 7.73. The number of imide groups is 1. The Morgan fingerprint density at radius 2 is 1.96 bits per heavy atom. The van der Waals surface area contributed by atoms with Gasteiger partial charge in [-0.3, -0.25) is 14.5 Å². The maximum atomic E-state index is 12.6. The Bertz CT molecular complexity index is 660. The van der Waals surface area contributed by atoms with Gasteiger partial charge < -0.3 is 19.6 Å². The molecular weight excluding hydrogens is 314 g/mol. The number of amides is 4. The van der Waals surface area contributed by atoms with Gasteiger partial charge in [-0.25, -0.2) is 4.79 Å². The van der Waals surface area contributed by atoms with Crippen LogP contribution >= 0.6 is 0 Å². The topological polar surface area (TPSA) is 90.4 Å². The third kappa shape index (κ3) is 2.69. The molecule has 3 rings (SSSR count). The second-order valence-corrected chi connectivity index (χ2v) is 5.68. The fourth-order valence-electron chi connectivity index (χ4n) is 3.06. The summed E-state index contributed by atoms with van der Waals surface area (Å²) in [7, 11) is 1.55. The molecule has 0 aromatic heterocycles. The number of hydrogen-bond donors (Lipinski definition) is 1. The summed E-state index contributed by atoms with van der Waals surface area (Å²) in [4.78, 5) is 41.2. The molecule has 0 spiro atoms. The van der Waals surface area contributed by atoms with Gasteiger partial charge in [0.2, 0.25) is 0 Å². The summed E-state index contributed by atoms with van der Waals surface area (Å²) < 4.78 is 5.07. The second kappa shape index (κ2) is 6.48. The summed E-state index contributed by atoms with van der Waals surface area (Å²) in [6, 6.07) is 5.70. The Labute approximate surface area is 139 Å². The second-order valence-electron chi connectivity index (χ2n) is 5.68. The smallest absolute Gasteiger partial charge is 0.327 e. The van der Waals surface area contributed by atoms with Crippen molar-refractivity contribution in [3.8, 4) is 5.75 Å². The van der Waals surface area contributed by atoms with E-state index in [9.17, 15) is 14.4 Å². The molecule has 1 unspecified atom stereocenters. The highest BCUT2D eigenvalue weighted by Gasteiger charge is 2.48. The van der Waals surface area contributed by atoms with Crippen LogP contribution in [0.1, 0.15) is 10.4 Å². The molecule has 2 aliphatic rings. The molecule has 2 aliphatic heterocycles. The number of benzene rings is 1. The van der Waals surface area contributed by atoms with Gasteiger partial charge in [0.25, 0.3) is 11.8 Å². The van der Waals surface area contributed by atoms with Crippen LogP contribution in [0.2, 0.25) is 0 Å². The molecule has 0 radical (unpaired) electrons. The van der Waals surface area contributed by atoms with Gasteiger partial charge in [-0.2, -0.15) is 0 Å². The van der Waals surface area contributed by atoms with E-state index in [1.54, 1.807) is 36.3 Å². The quantitative estimate of drug-likeness (QED) is 0.769. The molecule has 1 aromatic carbocycles. The normalized spacial score (nSPS) is 20.4. The zero-order valence-electron chi connectivity index (χ0n) is 13.3. The van der Waals surface area contributed by atoms with E-state index in [4.69, 9.17) is 9.84 Å². The molecule has 24 heavy (non-hydrogen) atoms. The molecule has 0 bridgehead atoms. The number of aliphatic hydroxyl groups is 1. The zero-order valence-corrected chi connectivity index (χ0v) is 13.3. The highest BCUT2D eigenvalue weighted by molar-refractivity contribution is 6.05. The molecule has 4 amide bonds. The fourth-order valence-corrected chi connectivity index (χ4v) is 3.06. The first-order chi connectivity index (χ1) is 11.6. The number of carbonyl (C=O) groups excluding carboxylic acids is 3. The molecule has 2 fully saturated rings. The van der Waals surface area contributed by atoms with E-state index < -0.39 is 12.1 Å². The molecule has 2 heterocycles. The fraction of sp³-hybridized carbons (Fsp3) is 0.438. The molecule has 1 aromatic rings. The van der Waals surface area contributed by atoms with Crippen molar-refractivity contribution >= 4 is 17.8 Å². The third-order valence-electron chi connectivity index (χ3n) is 4.36. The van der Waals surface area contributed by atoms with E-state index in [0.717, 1.165) is 4.90 Å². The Kier molecular flexibility index (Phi) is 4.39. The minimum absolute atomic E-state index is 0.0168. The molecule has 8 heteroatoms. The summed E-state index contributed by atoms with van der Waals surface area (Å²) in [5, 5.41) is 8.99. The van der Waals surface area contributed by atoms with Gasteiger partial charge in [0.05, 0.1) is 26.8 Å². The van der Waals surface area contributed by atoms with Crippen molar-refractivity contribution in [2.45, 2.75) is 6.04 Å². The predicted molar refractivity (Wildman–Crippen MR) is 83.6 cm³/mol. The van der Waals surface area contributed by atoms with Gasteiger partial charge in [-0.1, -0.05) is 0 Å². The number of rotatable bonds is 4. The lowest BCUT2D eigenvalue weighted by molar-refractivity contribution is -0.129. The van der Waals surface area contributed by atoms with Gasteiger partial charge in [0.15, 0.2) is 0 Å². The Balaban J connectivity index is 1.73. The molecule has 1 N–H and O–H groups in total. The monoisotopic (exact) mass is 333 g/mol. The van der Waals surface area contributed by atoms with Crippen LogP contribution in [0.5, 0.6) is 5.75 Å². The molecule has 2 saturated heterocycles. The maximum Gasteiger partial charge on any atom is 0.327 e. The van der Waals surface area contributed by atoms with E-state index in [1.807, 2.05) is 0 Å². The van der Waals surface area contributed by atoms with Crippen molar-refractivity contribution in [3.63, 3.8) is 0 Å². The summed E-state index contributed by atoms with van der Waals surface area (Å²) >= 11 is 0. The number of ether oxygens (including phenoxy) is 1. The number of methoxy groups -OCH3 is 1. The van der Waals surface area contributed by atoms with Gasteiger partial charge in [-0.15, -0.1) is 0 Å². The standard InChI is InChI=1S/C16H19N3O5/c1-24-12-4-2-11(3-5-12)14(21)17-6-7-18-13(10-17)15(22)19(8-9-20)16(18)23/h2-5,13,20H,6-10H2,1H3. The summed E-state index contributed by atoms with van der Waals surface area (Å²) in [6.45, 7) is 0.549. The van der Waals surface area contributed by atoms with Crippen LogP contribution in [0.25, 0.3) is 0 Å². The van der Waals surface area contributed by atoms with Crippen LogP contribution in [-0.4, -0.2) is 83.6 Å². The summed E-state index contributed by atoms with van der Waals surface area (Å²) in [5.41, 5.74) is 0.508. The lowest BCUT2D eigenvalue weighted by Gasteiger charge is -2.35. The van der Waals surface area contributed by atoms with Crippen molar-refractivity contribution in [2.75, 3.05) is 39.9 Å². The van der Waals surface area contributed by atoms with Crippen molar-refractivity contribution in [3.05, 3.63) is 29.8 Å². The minimum Gasteiger partial charge on any atom is -0.497 e. The van der Waals surface area contributed by atoms with E-state index >= 15 is 0 Å². The first kappa shape index (κ1) is 16.3. The highest BCUT2D eigenvalue weighted by atomic mass is 16.5. The number of carbonyl (C=O) groups is 3. The van der Waals surface area contributed by atoms with Gasteiger partial charge in [0.1, 0.15) is 11.8 Å².